The third-order valence-electron chi connectivity index (χ3n) is 3.25. The highest BCUT2D eigenvalue weighted by Crippen LogP contribution is 2.23. The van der Waals surface area contributed by atoms with E-state index in [4.69, 9.17) is 0 Å². The van der Waals surface area contributed by atoms with Crippen LogP contribution in [0.5, 0.6) is 5.75 Å². The number of nitrogens with one attached hydrogen (secondary N) is 1. The largest absolute Gasteiger partial charge is 0.508 e. The molecular weight excluding hydrogens is 202 g/mol. The molecule has 1 aliphatic carbocycles. The van der Waals surface area contributed by atoms with E-state index in [9.17, 15) is 10.2 Å². The number of hydrogen-bond donors (Lipinski definition) is 3. The summed E-state index contributed by atoms with van der Waals surface area (Å²) in [6.07, 6.45) is 4.93. The van der Waals surface area contributed by atoms with Gasteiger partial charge in [-0.1, -0.05) is 25.0 Å². The molecule has 0 aliphatic heterocycles. The van der Waals surface area contributed by atoms with Crippen molar-refractivity contribution in [3.8, 4) is 5.75 Å². The third kappa shape index (κ3) is 2.74. The van der Waals surface area contributed by atoms with E-state index in [1.165, 1.54) is 25.7 Å². The van der Waals surface area contributed by atoms with Gasteiger partial charge >= 0.3 is 0 Å². The van der Waals surface area contributed by atoms with Crippen LogP contribution in [0.4, 0.5) is 0 Å². The van der Waals surface area contributed by atoms with Crippen LogP contribution in [-0.4, -0.2) is 22.9 Å². The third-order valence-corrected chi connectivity index (χ3v) is 3.25. The summed E-state index contributed by atoms with van der Waals surface area (Å²) >= 11 is 0. The van der Waals surface area contributed by atoms with E-state index in [1.54, 1.807) is 12.1 Å². The summed E-state index contributed by atoms with van der Waals surface area (Å²) in [6.45, 7) is 0.0694. The monoisotopic (exact) mass is 221 g/mol. The van der Waals surface area contributed by atoms with Crippen molar-refractivity contribution in [1.29, 1.82) is 0 Å². The Kier molecular flexibility index (Phi) is 3.80. The zero-order valence-corrected chi connectivity index (χ0v) is 9.39. The average Bonchev–Trinajstić information content (AvgIpc) is 2.78. The van der Waals surface area contributed by atoms with Gasteiger partial charge in [0, 0.05) is 6.04 Å². The molecule has 3 nitrogen and oxygen atoms in total. The van der Waals surface area contributed by atoms with Gasteiger partial charge in [-0.05, 0) is 30.5 Å². The number of rotatable bonds is 4. The van der Waals surface area contributed by atoms with Gasteiger partial charge in [-0.2, -0.15) is 0 Å². The summed E-state index contributed by atoms with van der Waals surface area (Å²) in [5, 5.41) is 22.2. The summed E-state index contributed by atoms with van der Waals surface area (Å²) < 4.78 is 0. The molecule has 88 valence electrons. The molecule has 1 fully saturated rings. The molecule has 3 N–H and O–H groups in total. The van der Waals surface area contributed by atoms with Gasteiger partial charge in [0.05, 0.1) is 12.6 Å². The number of phenolic OH excluding ortho intramolecular Hbond substituents is 1. The van der Waals surface area contributed by atoms with Gasteiger partial charge in [-0.3, -0.25) is 0 Å². The minimum absolute atomic E-state index is 0.0600. The predicted octanol–water partition coefficient (Wildman–Crippen LogP) is 1.96. The molecule has 0 amide bonds. The number of benzene rings is 1. The van der Waals surface area contributed by atoms with E-state index in [0.717, 1.165) is 5.56 Å². The lowest BCUT2D eigenvalue weighted by molar-refractivity contribution is 0.233. The fourth-order valence-corrected chi connectivity index (χ4v) is 2.37. The van der Waals surface area contributed by atoms with E-state index in [1.807, 2.05) is 12.1 Å². The fourth-order valence-electron chi connectivity index (χ4n) is 2.37. The van der Waals surface area contributed by atoms with Crippen LogP contribution in [0.15, 0.2) is 24.3 Å². The maximum Gasteiger partial charge on any atom is 0.115 e. The smallest absolute Gasteiger partial charge is 0.115 e. The van der Waals surface area contributed by atoms with Crippen LogP contribution >= 0.6 is 0 Å². The molecule has 0 bridgehead atoms. The van der Waals surface area contributed by atoms with Gasteiger partial charge in [0.15, 0.2) is 0 Å². The topological polar surface area (TPSA) is 52.5 Å². The highest BCUT2D eigenvalue weighted by atomic mass is 16.3. The van der Waals surface area contributed by atoms with Crippen molar-refractivity contribution in [3.63, 3.8) is 0 Å². The van der Waals surface area contributed by atoms with Crippen molar-refractivity contribution in [3.05, 3.63) is 29.8 Å². The van der Waals surface area contributed by atoms with Gasteiger partial charge in [0.2, 0.25) is 0 Å². The SMILES string of the molecule is OCC(NC1CCCC1)c1cccc(O)c1. The molecule has 1 aliphatic rings. The van der Waals surface area contributed by atoms with Gasteiger partial charge in [-0.25, -0.2) is 0 Å². The van der Waals surface area contributed by atoms with Crippen LogP contribution in [0.2, 0.25) is 0 Å². The molecule has 2 rings (SSSR count). The van der Waals surface area contributed by atoms with E-state index in [0.29, 0.717) is 6.04 Å². The standard InChI is InChI=1S/C13H19NO2/c15-9-13(14-11-5-1-2-6-11)10-4-3-7-12(16)8-10/h3-4,7-8,11,13-16H,1-2,5-6,9H2. The molecule has 1 atom stereocenters. The molecule has 1 aromatic rings. The summed E-state index contributed by atoms with van der Waals surface area (Å²) in [6, 6.07) is 7.55. The Bertz CT molecular complexity index is 334. The minimum atomic E-state index is -0.0600. The Morgan fingerprint density at radius 1 is 1.31 bits per heavy atom. The quantitative estimate of drug-likeness (QED) is 0.728. The van der Waals surface area contributed by atoms with Gasteiger partial charge < -0.3 is 15.5 Å². The lowest BCUT2D eigenvalue weighted by atomic mass is 10.1. The summed E-state index contributed by atoms with van der Waals surface area (Å²) in [4.78, 5) is 0. The number of aliphatic hydroxyl groups is 1. The predicted molar refractivity (Wildman–Crippen MR) is 63.3 cm³/mol. The molecule has 0 aromatic heterocycles. The van der Waals surface area contributed by atoms with Crippen molar-refractivity contribution >= 4 is 0 Å². The minimum Gasteiger partial charge on any atom is -0.508 e. The lowest BCUT2D eigenvalue weighted by Crippen LogP contribution is -2.32. The molecule has 1 saturated carbocycles. The second-order valence-corrected chi connectivity index (χ2v) is 4.48. The molecular formula is C13H19NO2. The second kappa shape index (κ2) is 5.32. The number of aliphatic hydroxyl groups excluding tert-OH is 1. The summed E-state index contributed by atoms with van der Waals surface area (Å²) in [5.74, 6) is 0.254. The van der Waals surface area contributed by atoms with Crippen LogP contribution in [-0.2, 0) is 0 Å². The van der Waals surface area contributed by atoms with Gasteiger partial charge in [0.1, 0.15) is 5.75 Å². The van der Waals surface area contributed by atoms with E-state index >= 15 is 0 Å². The normalized spacial score (nSPS) is 18.8. The highest BCUT2D eigenvalue weighted by molar-refractivity contribution is 5.29. The molecule has 0 spiro atoms. The Hall–Kier alpha value is -1.06. The van der Waals surface area contributed by atoms with Crippen LogP contribution in [0.25, 0.3) is 0 Å². The first-order valence-corrected chi connectivity index (χ1v) is 5.95. The maximum absolute atomic E-state index is 9.41. The van der Waals surface area contributed by atoms with Crippen molar-refractivity contribution in [2.75, 3.05) is 6.61 Å². The first-order valence-electron chi connectivity index (χ1n) is 5.95. The Balaban J connectivity index is 2.03. The Labute approximate surface area is 96.1 Å². The molecule has 0 heterocycles. The lowest BCUT2D eigenvalue weighted by Gasteiger charge is -2.21. The first kappa shape index (κ1) is 11.4. The van der Waals surface area contributed by atoms with E-state index < -0.39 is 0 Å². The zero-order chi connectivity index (χ0) is 11.4. The molecule has 3 heteroatoms. The van der Waals surface area contributed by atoms with Crippen molar-refractivity contribution in [2.45, 2.75) is 37.8 Å². The van der Waals surface area contributed by atoms with Crippen LogP contribution in [0.1, 0.15) is 37.3 Å². The fraction of sp³-hybridized carbons (Fsp3) is 0.538. The summed E-state index contributed by atoms with van der Waals surface area (Å²) in [7, 11) is 0. The van der Waals surface area contributed by atoms with Crippen LogP contribution < -0.4 is 5.32 Å². The maximum atomic E-state index is 9.41. The number of phenols is 1. The highest BCUT2D eigenvalue weighted by Gasteiger charge is 2.19. The van der Waals surface area contributed by atoms with E-state index in [-0.39, 0.29) is 18.4 Å². The van der Waals surface area contributed by atoms with Crippen molar-refractivity contribution in [1.82, 2.24) is 5.32 Å². The molecule has 1 aromatic carbocycles. The van der Waals surface area contributed by atoms with Crippen molar-refractivity contribution in [2.24, 2.45) is 0 Å². The average molecular weight is 221 g/mol. The van der Waals surface area contributed by atoms with Gasteiger partial charge in [-0.15, -0.1) is 0 Å². The summed E-state index contributed by atoms with van der Waals surface area (Å²) in [5.41, 5.74) is 0.953. The Morgan fingerprint density at radius 3 is 2.69 bits per heavy atom. The Morgan fingerprint density at radius 2 is 2.06 bits per heavy atom. The van der Waals surface area contributed by atoms with Gasteiger partial charge in [0.25, 0.3) is 0 Å². The van der Waals surface area contributed by atoms with E-state index in [2.05, 4.69) is 5.32 Å². The molecule has 16 heavy (non-hydrogen) atoms. The molecule has 0 radical (unpaired) electrons. The number of aromatic hydroxyl groups is 1. The van der Waals surface area contributed by atoms with Crippen LogP contribution in [0, 0.1) is 0 Å². The number of hydrogen-bond acceptors (Lipinski definition) is 3. The molecule has 1 unspecified atom stereocenters. The zero-order valence-electron chi connectivity index (χ0n) is 9.39. The molecule has 0 saturated heterocycles. The van der Waals surface area contributed by atoms with Crippen molar-refractivity contribution < 1.29 is 10.2 Å². The van der Waals surface area contributed by atoms with Crippen LogP contribution in [0.3, 0.4) is 0 Å². The first-order chi connectivity index (χ1) is 7.79. The second-order valence-electron chi connectivity index (χ2n) is 4.48.